The number of esters is 1. The lowest BCUT2D eigenvalue weighted by atomic mass is 10.1. The topological polar surface area (TPSA) is 71.5 Å². The molecule has 0 bridgehead atoms. The minimum absolute atomic E-state index is 0.0756. The summed E-state index contributed by atoms with van der Waals surface area (Å²) < 4.78 is 5.15. The average molecular weight is 389 g/mol. The van der Waals surface area contributed by atoms with Crippen LogP contribution in [0, 0.1) is 0 Å². The molecule has 3 aromatic rings. The number of carbonyl (C=O) groups excluding carboxylic acids is 2. The number of rotatable bonds is 6. The Bertz CT molecular complexity index is 1010. The van der Waals surface area contributed by atoms with Crippen LogP contribution in [0.2, 0.25) is 0 Å². The number of carbonyl (C=O) groups is 2. The molecule has 6 heteroatoms. The molecule has 2 heterocycles. The van der Waals surface area contributed by atoms with Crippen LogP contribution in [0.4, 0.5) is 11.4 Å². The van der Waals surface area contributed by atoms with Crippen molar-refractivity contribution in [2.75, 3.05) is 29.9 Å². The highest BCUT2D eigenvalue weighted by Gasteiger charge is 2.13. The molecule has 2 aromatic carbocycles. The van der Waals surface area contributed by atoms with E-state index in [-0.39, 0.29) is 18.9 Å². The first-order chi connectivity index (χ1) is 14.2. The molecule has 0 saturated carbocycles. The van der Waals surface area contributed by atoms with E-state index in [0.29, 0.717) is 5.69 Å². The van der Waals surface area contributed by atoms with E-state index in [9.17, 15) is 9.59 Å². The van der Waals surface area contributed by atoms with E-state index in [4.69, 9.17) is 4.74 Å². The molecule has 1 aliphatic heterocycles. The lowest BCUT2D eigenvalue weighted by Gasteiger charge is -2.17. The number of fused-ring (bicyclic) bond motifs is 1. The van der Waals surface area contributed by atoms with Crippen LogP contribution in [-0.4, -0.2) is 36.6 Å². The molecular formula is C23H23N3O3. The number of aromatic nitrogens is 1. The third-order valence-electron chi connectivity index (χ3n) is 5.04. The average Bonchev–Trinajstić information content (AvgIpc) is 3.28. The van der Waals surface area contributed by atoms with Crippen molar-refractivity contribution < 1.29 is 14.3 Å². The van der Waals surface area contributed by atoms with Crippen LogP contribution in [0.3, 0.4) is 0 Å². The summed E-state index contributed by atoms with van der Waals surface area (Å²) in [6.45, 7) is 1.84. The molecule has 1 N–H and O–H groups in total. The van der Waals surface area contributed by atoms with Gasteiger partial charge in [-0.25, -0.2) is 0 Å². The number of para-hydroxylation sites is 1. The van der Waals surface area contributed by atoms with Gasteiger partial charge in [0.2, 0.25) is 0 Å². The maximum atomic E-state index is 12.2. The van der Waals surface area contributed by atoms with Crippen LogP contribution in [-0.2, 0) is 20.7 Å². The molecule has 0 unspecified atom stereocenters. The third kappa shape index (κ3) is 4.71. The standard InChI is InChI=1S/C23H23N3O3/c27-21(25-19-8-10-20(11-9-19)26-13-1-2-14-26)16-29-22(28)15-18-6-3-5-17-7-4-12-24-23(17)18/h3-12H,1-2,13-16H2,(H,25,27). The number of pyridine rings is 1. The molecule has 1 saturated heterocycles. The Kier molecular flexibility index (Phi) is 5.70. The highest BCUT2D eigenvalue weighted by molar-refractivity contribution is 5.93. The lowest BCUT2D eigenvalue weighted by Crippen LogP contribution is -2.22. The lowest BCUT2D eigenvalue weighted by molar-refractivity contribution is -0.146. The quantitative estimate of drug-likeness (QED) is 0.653. The van der Waals surface area contributed by atoms with Gasteiger partial charge in [-0.1, -0.05) is 24.3 Å². The number of amides is 1. The molecule has 1 aromatic heterocycles. The largest absolute Gasteiger partial charge is 0.455 e. The maximum absolute atomic E-state index is 12.2. The minimum Gasteiger partial charge on any atom is -0.455 e. The molecular weight excluding hydrogens is 366 g/mol. The van der Waals surface area contributed by atoms with Crippen molar-refractivity contribution in [3.8, 4) is 0 Å². The highest BCUT2D eigenvalue weighted by atomic mass is 16.5. The summed E-state index contributed by atoms with van der Waals surface area (Å²) in [6.07, 6.45) is 4.21. The monoisotopic (exact) mass is 389 g/mol. The van der Waals surface area contributed by atoms with Gasteiger partial charge in [-0.05, 0) is 48.7 Å². The number of hydrogen-bond acceptors (Lipinski definition) is 5. The van der Waals surface area contributed by atoms with Crippen LogP contribution in [0.5, 0.6) is 0 Å². The van der Waals surface area contributed by atoms with Gasteiger partial charge in [0.05, 0.1) is 11.9 Å². The molecule has 29 heavy (non-hydrogen) atoms. The molecule has 0 atom stereocenters. The fraction of sp³-hybridized carbons (Fsp3) is 0.261. The first kappa shape index (κ1) is 18.9. The summed E-state index contributed by atoms with van der Waals surface area (Å²) in [5.41, 5.74) is 3.41. The predicted octanol–water partition coefficient (Wildman–Crippen LogP) is 3.56. The minimum atomic E-state index is -0.456. The van der Waals surface area contributed by atoms with Crippen molar-refractivity contribution in [3.05, 3.63) is 66.4 Å². The smallest absolute Gasteiger partial charge is 0.310 e. The van der Waals surface area contributed by atoms with E-state index in [2.05, 4.69) is 15.2 Å². The molecule has 1 aliphatic rings. The zero-order chi connectivity index (χ0) is 20.1. The van der Waals surface area contributed by atoms with Gasteiger partial charge in [0.1, 0.15) is 0 Å². The molecule has 1 fully saturated rings. The van der Waals surface area contributed by atoms with Crippen molar-refractivity contribution in [2.24, 2.45) is 0 Å². The molecule has 1 amide bonds. The Morgan fingerprint density at radius 1 is 1.00 bits per heavy atom. The molecule has 0 aliphatic carbocycles. The van der Waals surface area contributed by atoms with Crippen LogP contribution >= 0.6 is 0 Å². The first-order valence-corrected chi connectivity index (χ1v) is 9.82. The molecule has 4 rings (SSSR count). The second-order valence-electron chi connectivity index (χ2n) is 7.12. The van der Waals surface area contributed by atoms with Gasteiger partial charge >= 0.3 is 5.97 Å². The van der Waals surface area contributed by atoms with Gasteiger partial charge in [-0.2, -0.15) is 0 Å². The van der Waals surface area contributed by atoms with Crippen LogP contribution in [0.15, 0.2) is 60.8 Å². The van der Waals surface area contributed by atoms with E-state index in [0.717, 1.165) is 35.2 Å². The van der Waals surface area contributed by atoms with Crippen molar-refractivity contribution in [2.45, 2.75) is 19.3 Å². The van der Waals surface area contributed by atoms with E-state index >= 15 is 0 Å². The Morgan fingerprint density at radius 3 is 2.55 bits per heavy atom. The second-order valence-corrected chi connectivity index (χ2v) is 7.12. The summed E-state index contributed by atoms with van der Waals surface area (Å²) in [4.78, 5) is 30.9. The van der Waals surface area contributed by atoms with Crippen molar-refractivity contribution in [3.63, 3.8) is 0 Å². The van der Waals surface area contributed by atoms with E-state index in [1.54, 1.807) is 6.20 Å². The Labute approximate surface area is 169 Å². The fourth-order valence-corrected chi connectivity index (χ4v) is 3.59. The molecule has 0 radical (unpaired) electrons. The number of hydrogen-bond donors (Lipinski definition) is 1. The first-order valence-electron chi connectivity index (χ1n) is 9.82. The summed E-state index contributed by atoms with van der Waals surface area (Å²) in [5.74, 6) is -0.814. The van der Waals surface area contributed by atoms with E-state index in [1.165, 1.54) is 12.8 Å². The van der Waals surface area contributed by atoms with Crippen LogP contribution < -0.4 is 10.2 Å². The van der Waals surface area contributed by atoms with Crippen LogP contribution in [0.25, 0.3) is 10.9 Å². The summed E-state index contributed by atoms with van der Waals surface area (Å²) in [6, 6.07) is 17.2. The SMILES string of the molecule is O=C(COC(=O)Cc1cccc2cccnc12)Nc1ccc(N2CCCC2)cc1. The number of nitrogens with one attached hydrogen (secondary N) is 1. The number of ether oxygens (including phenoxy) is 1. The summed E-state index contributed by atoms with van der Waals surface area (Å²) >= 11 is 0. The van der Waals surface area contributed by atoms with Gasteiger partial charge in [0.25, 0.3) is 5.91 Å². The Morgan fingerprint density at radius 2 is 1.76 bits per heavy atom. The fourth-order valence-electron chi connectivity index (χ4n) is 3.59. The summed E-state index contributed by atoms with van der Waals surface area (Å²) in [5, 5.41) is 3.73. The molecule has 0 spiro atoms. The van der Waals surface area contributed by atoms with Gasteiger partial charge < -0.3 is 15.0 Å². The van der Waals surface area contributed by atoms with Gasteiger partial charge in [0, 0.05) is 36.0 Å². The number of nitrogens with zero attached hydrogens (tertiary/aromatic N) is 2. The molecule has 148 valence electrons. The van der Waals surface area contributed by atoms with E-state index < -0.39 is 5.97 Å². The Balaban J connectivity index is 1.28. The summed E-state index contributed by atoms with van der Waals surface area (Å²) in [7, 11) is 0. The number of anilines is 2. The Hall–Kier alpha value is -3.41. The number of benzene rings is 2. The van der Waals surface area contributed by atoms with Gasteiger partial charge in [-0.15, -0.1) is 0 Å². The second kappa shape index (κ2) is 8.73. The van der Waals surface area contributed by atoms with Gasteiger partial charge in [0.15, 0.2) is 6.61 Å². The van der Waals surface area contributed by atoms with Gasteiger partial charge in [-0.3, -0.25) is 14.6 Å². The van der Waals surface area contributed by atoms with Crippen molar-refractivity contribution in [1.29, 1.82) is 0 Å². The third-order valence-corrected chi connectivity index (χ3v) is 5.04. The molecule has 6 nitrogen and oxygen atoms in total. The van der Waals surface area contributed by atoms with Crippen molar-refractivity contribution >= 4 is 34.2 Å². The normalized spacial score (nSPS) is 13.4. The highest BCUT2D eigenvalue weighted by Crippen LogP contribution is 2.22. The maximum Gasteiger partial charge on any atom is 0.310 e. The van der Waals surface area contributed by atoms with E-state index in [1.807, 2.05) is 54.6 Å². The van der Waals surface area contributed by atoms with Crippen LogP contribution in [0.1, 0.15) is 18.4 Å². The predicted molar refractivity (Wildman–Crippen MR) is 113 cm³/mol. The van der Waals surface area contributed by atoms with Crippen molar-refractivity contribution in [1.82, 2.24) is 4.98 Å². The zero-order valence-corrected chi connectivity index (χ0v) is 16.1. The zero-order valence-electron chi connectivity index (χ0n) is 16.1.